The van der Waals surface area contributed by atoms with Crippen molar-refractivity contribution in [2.24, 2.45) is 0 Å². The first-order valence-electron chi connectivity index (χ1n) is 11.4. The average molecular weight is 475 g/mol. The summed E-state index contributed by atoms with van der Waals surface area (Å²) in [7, 11) is 0. The van der Waals surface area contributed by atoms with Crippen LogP contribution in [0, 0.1) is 5.82 Å². The van der Waals surface area contributed by atoms with Crippen LogP contribution in [-0.2, 0) is 26.2 Å². The summed E-state index contributed by atoms with van der Waals surface area (Å²) in [5.74, 6) is 0.641. The second kappa shape index (κ2) is 11.9. The molecule has 0 radical (unpaired) electrons. The minimum Gasteiger partial charge on any atom is -0.494 e. The van der Waals surface area contributed by atoms with Crippen molar-refractivity contribution in [2.75, 3.05) is 6.61 Å². The first-order chi connectivity index (χ1) is 17.1. The number of pyridine rings is 1. The molecular formula is C27H27FN4O3. The van der Waals surface area contributed by atoms with Gasteiger partial charge in [0, 0.05) is 32.0 Å². The number of hydrogen-bond donors (Lipinski definition) is 1. The summed E-state index contributed by atoms with van der Waals surface area (Å²) in [5.41, 5.74) is 3.15. The number of rotatable bonds is 11. The molecule has 0 bridgehead atoms. The summed E-state index contributed by atoms with van der Waals surface area (Å²) in [4.78, 5) is 23.0. The quantitative estimate of drug-likeness (QED) is 0.338. The van der Waals surface area contributed by atoms with E-state index >= 15 is 0 Å². The van der Waals surface area contributed by atoms with Crippen LogP contribution < -0.4 is 10.1 Å². The van der Waals surface area contributed by atoms with Gasteiger partial charge in [0.15, 0.2) is 5.69 Å². The molecule has 0 fully saturated rings. The Balaban J connectivity index is 1.43. The molecular weight excluding hydrogens is 447 g/mol. The van der Waals surface area contributed by atoms with Crippen molar-refractivity contribution in [3.63, 3.8) is 0 Å². The number of amides is 1. The fraction of sp³-hybridized carbons (Fsp3) is 0.222. The van der Waals surface area contributed by atoms with Gasteiger partial charge in [-0.25, -0.2) is 9.37 Å². The molecule has 4 rings (SSSR count). The minimum absolute atomic E-state index is 0.215. The number of hydrogen-bond acceptors (Lipinski definition) is 6. The van der Waals surface area contributed by atoms with E-state index in [1.807, 2.05) is 43.3 Å². The molecule has 1 amide bonds. The molecule has 1 N–H and O–H groups in total. The Morgan fingerprint density at radius 3 is 2.37 bits per heavy atom. The van der Waals surface area contributed by atoms with Gasteiger partial charge in [0.25, 0.3) is 5.91 Å². The Labute approximate surface area is 203 Å². The molecule has 35 heavy (non-hydrogen) atoms. The van der Waals surface area contributed by atoms with Crippen molar-refractivity contribution < 1.29 is 18.3 Å². The van der Waals surface area contributed by atoms with Crippen LogP contribution in [-0.4, -0.2) is 27.4 Å². The summed E-state index contributed by atoms with van der Waals surface area (Å²) in [6, 6.07) is 18.0. The van der Waals surface area contributed by atoms with Crippen LogP contribution in [0.5, 0.6) is 5.75 Å². The van der Waals surface area contributed by atoms with Crippen LogP contribution in [0.3, 0.4) is 0 Å². The van der Waals surface area contributed by atoms with Gasteiger partial charge in [-0.2, -0.15) is 0 Å². The fourth-order valence-electron chi connectivity index (χ4n) is 3.59. The molecule has 0 saturated heterocycles. The Morgan fingerprint density at radius 2 is 1.71 bits per heavy atom. The minimum atomic E-state index is -0.319. The van der Waals surface area contributed by atoms with Gasteiger partial charge in [-0.3, -0.25) is 14.7 Å². The van der Waals surface area contributed by atoms with E-state index in [2.05, 4.69) is 20.2 Å². The third-order valence-corrected chi connectivity index (χ3v) is 5.28. The standard InChI is InChI=1S/C27H27FN4O3/c1-2-34-24-11-7-21(8-12-24)17-32(16-20-5-9-23(28)10-6-20)18-26-31-25(19-35-26)27(33)30-15-22-4-3-13-29-14-22/h3-14,19H,2,15-18H2,1H3,(H,30,33). The zero-order valence-corrected chi connectivity index (χ0v) is 19.5. The highest BCUT2D eigenvalue weighted by molar-refractivity contribution is 5.91. The van der Waals surface area contributed by atoms with Crippen LogP contribution in [0.4, 0.5) is 4.39 Å². The van der Waals surface area contributed by atoms with E-state index < -0.39 is 0 Å². The van der Waals surface area contributed by atoms with E-state index in [0.717, 1.165) is 22.4 Å². The molecule has 0 aliphatic heterocycles. The molecule has 2 heterocycles. The molecule has 0 saturated carbocycles. The number of ether oxygens (including phenoxy) is 1. The maximum atomic E-state index is 13.4. The molecule has 180 valence electrons. The van der Waals surface area contributed by atoms with E-state index in [4.69, 9.17) is 9.15 Å². The third kappa shape index (κ3) is 7.22. The molecule has 8 heteroatoms. The van der Waals surface area contributed by atoms with Gasteiger partial charge in [0.1, 0.15) is 17.8 Å². The van der Waals surface area contributed by atoms with Gasteiger partial charge < -0.3 is 14.5 Å². The normalized spacial score (nSPS) is 10.9. The summed E-state index contributed by atoms with van der Waals surface area (Å²) >= 11 is 0. The highest BCUT2D eigenvalue weighted by atomic mass is 19.1. The van der Waals surface area contributed by atoms with E-state index in [-0.39, 0.29) is 17.4 Å². The lowest BCUT2D eigenvalue weighted by atomic mass is 10.1. The Kier molecular flexibility index (Phi) is 8.19. The van der Waals surface area contributed by atoms with Crippen molar-refractivity contribution in [1.82, 2.24) is 20.2 Å². The maximum Gasteiger partial charge on any atom is 0.273 e. The number of aromatic nitrogens is 2. The third-order valence-electron chi connectivity index (χ3n) is 5.28. The van der Waals surface area contributed by atoms with Crippen LogP contribution in [0.15, 0.2) is 83.7 Å². The SMILES string of the molecule is CCOc1ccc(CN(Cc2ccc(F)cc2)Cc2nc(C(=O)NCc3cccnc3)co2)cc1. The van der Waals surface area contributed by atoms with Crippen molar-refractivity contribution in [3.05, 3.63) is 113 Å². The van der Waals surface area contributed by atoms with Gasteiger partial charge >= 0.3 is 0 Å². The van der Waals surface area contributed by atoms with Gasteiger partial charge in [0.05, 0.1) is 13.2 Å². The Bertz CT molecular complexity index is 1210. The van der Waals surface area contributed by atoms with Crippen LogP contribution >= 0.6 is 0 Å². The Morgan fingerprint density at radius 1 is 1.00 bits per heavy atom. The van der Waals surface area contributed by atoms with Crippen molar-refractivity contribution in [2.45, 2.75) is 33.1 Å². The molecule has 0 aliphatic rings. The molecule has 2 aromatic carbocycles. The van der Waals surface area contributed by atoms with Crippen molar-refractivity contribution in [1.29, 1.82) is 0 Å². The number of nitrogens with one attached hydrogen (secondary N) is 1. The smallest absolute Gasteiger partial charge is 0.273 e. The van der Waals surface area contributed by atoms with Crippen LogP contribution in [0.2, 0.25) is 0 Å². The second-order valence-electron chi connectivity index (χ2n) is 8.02. The largest absolute Gasteiger partial charge is 0.494 e. The lowest BCUT2D eigenvalue weighted by Gasteiger charge is -2.21. The van der Waals surface area contributed by atoms with Crippen molar-refractivity contribution >= 4 is 5.91 Å². The first kappa shape index (κ1) is 24.1. The lowest BCUT2D eigenvalue weighted by Crippen LogP contribution is -2.24. The number of nitrogens with zero attached hydrogens (tertiary/aromatic N) is 3. The molecule has 4 aromatic rings. The zero-order valence-electron chi connectivity index (χ0n) is 19.5. The van der Waals surface area contributed by atoms with Gasteiger partial charge in [-0.15, -0.1) is 0 Å². The van der Waals surface area contributed by atoms with E-state index in [0.29, 0.717) is 38.7 Å². The molecule has 7 nitrogen and oxygen atoms in total. The van der Waals surface area contributed by atoms with Crippen LogP contribution in [0.1, 0.15) is 40.0 Å². The van der Waals surface area contributed by atoms with Crippen LogP contribution in [0.25, 0.3) is 0 Å². The summed E-state index contributed by atoms with van der Waals surface area (Å²) < 4.78 is 24.5. The summed E-state index contributed by atoms with van der Waals surface area (Å²) in [5, 5.41) is 2.82. The number of oxazole rings is 1. The highest BCUT2D eigenvalue weighted by Crippen LogP contribution is 2.18. The van der Waals surface area contributed by atoms with Gasteiger partial charge in [-0.05, 0) is 53.9 Å². The van der Waals surface area contributed by atoms with E-state index in [9.17, 15) is 9.18 Å². The molecule has 0 unspecified atom stereocenters. The number of benzene rings is 2. The number of halogens is 1. The summed E-state index contributed by atoms with van der Waals surface area (Å²) in [6.07, 6.45) is 4.74. The molecule has 2 aromatic heterocycles. The fourth-order valence-corrected chi connectivity index (χ4v) is 3.59. The maximum absolute atomic E-state index is 13.4. The molecule has 0 spiro atoms. The van der Waals surface area contributed by atoms with Crippen molar-refractivity contribution in [3.8, 4) is 5.75 Å². The molecule has 0 aliphatic carbocycles. The van der Waals surface area contributed by atoms with Gasteiger partial charge in [0.2, 0.25) is 5.89 Å². The summed E-state index contributed by atoms with van der Waals surface area (Å²) in [6.45, 7) is 4.44. The van der Waals surface area contributed by atoms with E-state index in [1.54, 1.807) is 24.5 Å². The predicted molar refractivity (Wildman–Crippen MR) is 129 cm³/mol. The first-order valence-corrected chi connectivity index (χ1v) is 11.4. The number of carbonyl (C=O) groups is 1. The molecule has 0 atom stereocenters. The monoisotopic (exact) mass is 474 g/mol. The second-order valence-corrected chi connectivity index (χ2v) is 8.02. The Hall–Kier alpha value is -4.04. The number of carbonyl (C=O) groups excluding carboxylic acids is 1. The topological polar surface area (TPSA) is 80.5 Å². The van der Waals surface area contributed by atoms with Gasteiger partial charge in [-0.1, -0.05) is 30.3 Å². The predicted octanol–water partition coefficient (Wildman–Crippen LogP) is 4.74. The highest BCUT2D eigenvalue weighted by Gasteiger charge is 2.16. The zero-order chi connectivity index (χ0) is 24.5. The average Bonchev–Trinajstić information content (AvgIpc) is 3.34. The van der Waals surface area contributed by atoms with E-state index in [1.165, 1.54) is 18.4 Å². The lowest BCUT2D eigenvalue weighted by molar-refractivity contribution is 0.0945.